The second-order valence-electron chi connectivity index (χ2n) is 11.3. The van der Waals surface area contributed by atoms with E-state index in [1.807, 2.05) is 54.6 Å². The van der Waals surface area contributed by atoms with Crippen molar-refractivity contribution in [2.24, 2.45) is 0 Å². The normalized spacial score (nSPS) is 11.3. The number of aryl methyl sites for hydroxylation is 2. The lowest BCUT2D eigenvalue weighted by atomic mass is 9.98. The summed E-state index contributed by atoms with van der Waals surface area (Å²) in [6.45, 7) is 4.90. The number of nitrogens with zero attached hydrogens (tertiary/aromatic N) is 4. The summed E-state index contributed by atoms with van der Waals surface area (Å²) >= 11 is 0. The Hall–Kier alpha value is -5.47. The van der Waals surface area contributed by atoms with Gasteiger partial charge < -0.3 is 8.98 Å². The molecule has 0 saturated heterocycles. The van der Waals surface area contributed by atoms with Gasteiger partial charge in [-0.2, -0.15) is 5.26 Å². The van der Waals surface area contributed by atoms with Gasteiger partial charge in [0.2, 0.25) is 5.89 Å². The topological polar surface area (TPSA) is 67.6 Å². The molecule has 0 atom stereocenters. The summed E-state index contributed by atoms with van der Waals surface area (Å²) in [5.41, 5.74) is 11.8. The highest BCUT2D eigenvalue weighted by Crippen LogP contribution is 2.33. The molecule has 5 heteroatoms. The Morgan fingerprint density at radius 1 is 0.795 bits per heavy atom. The summed E-state index contributed by atoms with van der Waals surface area (Å²) in [5, 5.41) is 10.0. The van der Waals surface area contributed by atoms with Gasteiger partial charge in [0.1, 0.15) is 11.3 Å². The van der Waals surface area contributed by atoms with Crippen LogP contribution in [0.3, 0.4) is 0 Å². The Balaban J connectivity index is 1.30. The van der Waals surface area contributed by atoms with Crippen LogP contribution >= 0.6 is 0 Å². The molecule has 5 aromatic carbocycles. The first kappa shape index (κ1) is 27.4. The first-order valence-corrected chi connectivity index (χ1v) is 15.1. The predicted octanol–water partition coefficient (Wildman–Crippen LogP) is 9.28. The zero-order valence-electron chi connectivity index (χ0n) is 24.9. The number of hydrogen-bond acceptors (Lipinski definition) is 4. The fourth-order valence-electron chi connectivity index (χ4n) is 6.07. The molecule has 7 aromatic rings. The monoisotopic (exact) mass is 572 g/mol. The summed E-state index contributed by atoms with van der Waals surface area (Å²) < 4.78 is 8.77. The molecule has 2 aromatic heterocycles. The third kappa shape index (κ3) is 5.16. The molecule has 0 aliphatic carbocycles. The fraction of sp³-hybridized carbons (Fsp3) is 0.154. The van der Waals surface area contributed by atoms with Gasteiger partial charge in [0.05, 0.1) is 22.7 Å². The molecule has 0 aliphatic heterocycles. The number of imidazole rings is 1. The minimum absolute atomic E-state index is 0.606. The van der Waals surface area contributed by atoms with E-state index < -0.39 is 0 Å². The standard InChI is InChI=1S/C39H32N4O/c1-3-11-36-42-37-26(2)20-31(39-41-34-17-10-16-30(38(34)44-39)21-27-12-6-4-7-13-27)23-35(37)43(36)25-28-18-19-33(32(22-28)24-40)29-14-8-5-9-15-29/h4-10,12-20,22-23H,3,11,21,25H2,1-2H3. The van der Waals surface area contributed by atoms with Gasteiger partial charge in [0.15, 0.2) is 5.58 Å². The molecule has 0 unspecified atom stereocenters. The van der Waals surface area contributed by atoms with Crippen LogP contribution in [0.25, 0.3) is 44.7 Å². The van der Waals surface area contributed by atoms with Crippen LogP contribution in [0, 0.1) is 18.3 Å². The number of oxazole rings is 1. The second-order valence-corrected chi connectivity index (χ2v) is 11.3. The van der Waals surface area contributed by atoms with Gasteiger partial charge in [-0.05, 0) is 65.4 Å². The molecule has 0 fully saturated rings. The van der Waals surface area contributed by atoms with Crippen molar-refractivity contribution in [1.29, 1.82) is 5.26 Å². The van der Waals surface area contributed by atoms with Crippen molar-refractivity contribution in [3.05, 3.63) is 143 Å². The Morgan fingerprint density at radius 2 is 1.59 bits per heavy atom. The maximum absolute atomic E-state index is 10.0. The molecule has 0 saturated carbocycles. The van der Waals surface area contributed by atoms with E-state index in [1.54, 1.807) is 0 Å². The van der Waals surface area contributed by atoms with Gasteiger partial charge >= 0.3 is 0 Å². The molecule has 0 N–H and O–H groups in total. The van der Waals surface area contributed by atoms with E-state index in [2.05, 4.69) is 79.1 Å². The minimum atomic E-state index is 0.606. The summed E-state index contributed by atoms with van der Waals surface area (Å²) in [6, 6.07) is 39.6. The average molecular weight is 573 g/mol. The molecule has 2 heterocycles. The summed E-state index contributed by atoms with van der Waals surface area (Å²) in [5.74, 6) is 1.64. The Labute approximate surface area is 257 Å². The Kier molecular flexibility index (Phi) is 7.25. The van der Waals surface area contributed by atoms with E-state index in [-0.39, 0.29) is 0 Å². The highest BCUT2D eigenvalue weighted by atomic mass is 16.3. The molecule has 214 valence electrons. The maximum atomic E-state index is 10.0. The van der Waals surface area contributed by atoms with Gasteiger partial charge in [0, 0.05) is 30.5 Å². The lowest BCUT2D eigenvalue weighted by molar-refractivity contribution is 0.616. The van der Waals surface area contributed by atoms with E-state index >= 15 is 0 Å². The molecule has 0 bridgehead atoms. The fourth-order valence-corrected chi connectivity index (χ4v) is 6.07. The minimum Gasteiger partial charge on any atom is -0.436 e. The van der Waals surface area contributed by atoms with Gasteiger partial charge in [0.25, 0.3) is 0 Å². The maximum Gasteiger partial charge on any atom is 0.227 e. The summed E-state index contributed by atoms with van der Waals surface area (Å²) in [6.07, 6.45) is 2.63. The zero-order chi connectivity index (χ0) is 30.0. The van der Waals surface area contributed by atoms with Crippen molar-refractivity contribution in [1.82, 2.24) is 14.5 Å². The first-order chi connectivity index (χ1) is 21.6. The van der Waals surface area contributed by atoms with Gasteiger partial charge in [-0.3, -0.25) is 0 Å². The van der Waals surface area contributed by atoms with Crippen LogP contribution in [0.1, 0.15) is 47.0 Å². The predicted molar refractivity (Wildman–Crippen MR) is 176 cm³/mol. The molecule has 0 aliphatic rings. The quantitative estimate of drug-likeness (QED) is 0.182. The highest BCUT2D eigenvalue weighted by molar-refractivity contribution is 5.86. The van der Waals surface area contributed by atoms with Crippen LogP contribution in [0.4, 0.5) is 0 Å². The SMILES string of the molecule is CCCc1nc2c(C)cc(-c3nc4cccc(Cc5ccccc5)c4o3)cc2n1Cc1ccc(-c2ccccc2)c(C#N)c1. The number of para-hydroxylation sites is 1. The van der Waals surface area contributed by atoms with Crippen molar-refractivity contribution < 1.29 is 4.42 Å². The van der Waals surface area contributed by atoms with Gasteiger partial charge in [-0.25, -0.2) is 9.97 Å². The van der Waals surface area contributed by atoms with E-state index in [1.165, 1.54) is 5.56 Å². The molecule has 7 rings (SSSR count). The molecule has 5 nitrogen and oxygen atoms in total. The number of benzene rings is 5. The number of hydrogen-bond donors (Lipinski definition) is 0. The van der Waals surface area contributed by atoms with Crippen molar-refractivity contribution in [3.63, 3.8) is 0 Å². The first-order valence-electron chi connectivity index (χ1n) is 15.1. The molecular weight excluding hydrogens is 540 g/mol. The van der Waals surface area contributed by atoms with Crippen molar-refractivity contribution >= 4 is 22.1 Å². The number of nitriles is 1. The highest BCUT2D eigenvalue weighted by Gasteiger charge is 2.18. The Morgan fingerprint density at radius 3 is 2.36 bits per heavy atom. The third-order valence-electron chi connectivity index (χ3n) is 8.21. The van der Waals surface area contributed by atoms with Gasteiger partial charge in [-0.1, -0.05) is 91.9 Å². The Bertz CT molecular complexity index is 2150. The number of aromatic nitrogens is 3. The number of fused-ring (bicyclic) bond motifs is 2. The molecule has 0 spiro atoms. The average Bonchev–Trinajstić information content (AvgIpc) is 3.65. The molecular formula is C39H32N4O. The van der Waals surface area contributed by atoms with Crippen LogP contribution in [0.2, 0.25) is 0 Å². The van der Waals surface area contributed by atoms with Crippen molar-refractivity contribution in [2.45, 2.75) is 39.7 Å². The van der Waals surface area contributed by atoms with Crippen LogP contribution in [0.15, 0.2) is 114 Å². The van der Waals surface area contributed by atoms with E-state index in [0.717, 1.165) is 80.6 Å². The second kappa shape index (κ2) is 11.7. The van der Waals surface area contributed by atoms with Gasteiger partial charge in [-0.15, -0.1) is 0 Å². The van der Waals surface area contributed by atoms with Crippen LogP contribution in [0.5, 0.6) is 0 Å². The van der Waals surface area contributed by atoms with Crippen molar-refractivity contribution in [2.75, 3.05) is 0 Å². The molecule has 0 radical (unpaired) electrons. The lowest BCUT2D eigenvalue weighted by Gasteiger charge is -2.12. The largest absolute Gasteiger partial charge is 0.436 e. The van der Waals surface area contributed by atoms with Crippen LogP contribution < -0.4 is 0 Å². The zero-order valence-corrected chi connectivity index (χ0v) is 24.9. The van der Waals surface area contributed by atoms with E-state index in [4.69, 9.17) is 14.4 Å². The third-order valence-corrected chi connectivity index (χ3v) is 8.21. The summed E-state index contributed by atoms with van der Waals surface area (Å²) in [7, 11) is 0. The molecule has 0 amide bonds. The van der Waals surface area contributed by atoms with Crippen LogP contribution in [-0.4, -0.2) is 14.5 Å². The molecule has 44 heavy (non-hydrogen) atoms. The smallest absolute Gasteiger partial charge is 0.227 e. The summed E-state index contributed by atoms with van der Waals surface area (Å²) in [4.78, 5) is 10.0. The van der Waals surface area contributed by atoms with Crippen molar-refractivity contribution in [3.8, 4) is 28.7 Å². The van der Waals surface area contributed by atoms with Crippen LogP contribution in [-0.2, 0) is 19.4 Å². The van der Waals surface area contributed by atoms with E-state index in [9.17, 15) is 5.26 Å². The lowest BCUT2D eigenvalue weighted by Crippen LogP contribution is -2.06. The number of rotatable bonds is 8. The van der Waals surface area contributed by atoms with E-state index in [0.29, 0.717) is 18.0 Å².